The Morgan fingerprint density at radius 3 is 2.32 bits per heavy atom. The number of aryl methyl sites for hydroxylation is 2. The Hall–Kier alpha value is -0.920. The van der Waals surface area contributed by atoms with Gasteiger partial charge in [-0.1, -0.05) is 19.8 Å². The molecule has 1 aromatic rings. The number of imidazole rings is 1. The molecule has 112 valence electrons. The highest BCUT2D eigenvalue weighted by Crippen LogP contribution is 2.00. The van der Waals surface area contributed by atoms with Gasteiger partial charge in [0, 0.05) is 0 Å². The van der Waals surface area contributed by atoms with Crippen molar-refractivity contribution in [2.75, 3.05) is 6.61 Å². The van der Waals surface area contributed by atoms with E-state index in [1.165, 1.54) is 39.2 Å². The highest BCUT2D eigenvalue weighted by Gasteiger charge is 1.98. The summed E-state index contributed by atoms with van der Waals surface area (Å²) in [6.45, 7) is 4.75. The molecule has 0 aliphatic heterocycles. The van der Waals surface area contributed by atoms with Gasteiger partial charge in [0.15, 0.2) is 0 Å². The van der Waals surface area contributed by atoms with E-state index in [1.807, 2.05) is 0 Å². The van der Waals surface area contributed by atoms with Crippen molar-refractivity contribution in [3.8, 4) is 0 Å². The van der Waals surface area contributed by atoms with Crippen molar-refractivity contribution in [1.82, 2.24) is 4.57 Å². The molecular formula is C12H24N2O4S. The minimum absolute atomic E-state index is 0.0914. The summed E-state index contributed by atoms with van der Waals surface area (Å²) in [4.78, 5) is 0. The minimum atomic E-state index is -4.42. The van der Waals surface area contributed by atoms with Gasteiger partial charge in [-0.25, -0.2) is 17.6 Å². The number of nitrogens with zero attached hydrogens (tertiary/aromatic N) is 2. The van der Waals surface area contributed by atoms with Crippen molar-refractivity contribution >= 4 is 10.4 Å². The molecule has 0 atom stereocenters. The van der Waals surface area contributed by atoms with Crippen LogP contribution in [0.15, 0.2) is 18.7 Å². The molecule has 0 saturated carbocycles. The number of aromatic nitrogens is 2. The third kappa shape index (κ3) is 11.9. The fraction of sp³-hybridized carbons (Fsp3) is 0.750. The Balaban J connectivity index is 0.000000399. The molecule has 0 aromatic carbocycles. The standard InChI is InChI=1S/C10H19N2.C2H6O4S/c1-3-4-5-6-7-12-9-8-11(2)10-12;1-2-6-7(3,4)5/h8-10H,3-7H2,1-2H3;2H2,1H3,(H,3,4,5)/q+1;/p-1. The van der Waals surface area contributed by atoms with Gasteiger partial charge < -0.3 is 4.55 Å². The highest BCUT2D eigenvalue weighted by molar-refractivity contribution is 7.80. The van der Waals surface area contributed by atoms with Crippen LogP contribution in [0.4, 0.5) is 0 Å². The van der Waals surface area contributed by atoms with Crippen LogP contribution in [-0.2, 0) is 28.2 Å². The fourth-order valence-electron chi connectivity index (χ4n) is 1.50. The molecule has 0 aliphatic rings. The zero-order valence-electron chi connectivity index (χ0n) is 11.9. The third-order valence-electron chi connectivity index (χ3n) is 2.36. The van der Waals surface area contributed by atoms with Crippen LogP contribution in [0, 0.1) is 0 Å². The Bertz CT molecular complexity index is 429. The first kappa shape index (κ1) is 18.1. The van der Waals surface area contributed by atoms with Gasteiger partial charge in [0.1, 0.15) is 12.4 Å². The third-order valence-corrected chi connectivity index (χ3v) is 2.88. The molecule has 0 N–H and O–H groups in total. The van der Waals surface area contributed by atoms with E-state index >= 15 is 0 Å². The molecule has 0 unspecified atom stereocenters. The summed E-state index contributed by atoms with van der Waals surface area (Å²) in [6.07, 6.45) is 11.7. The maximum atomic E-state index is 9.45. The van der Waals surface area contributed by atoms with Crippen LogP contribution in [0.2, 0.25) is 0 Å². The summed E-state index contributed by atoms with van der Waals surface area (Å²) in [7, 11) is -2.37. The molecule has 19 heavy (non-hydrogen) atoms. The lowest BCUT2D eigenvalue weighted by Gasteiger charge is -2.02. The van der Waals surface area contributed by atoms with Crippen LogP contribution < -0.4 is 4.57 Å². The van der Waals surface area contributed by atoms with Gasteiger partial charge in [-0.3, -0.25) is 4.18 Å². The van der Waals surface area contributed by atoms with Crippen molar-refractivity contribution in [3.05, 3.63) is 18.7 Å². The summed E-state index contributed by atoms with van der Waals surface area (Å²) in [5.74, 6) is 0. The van der Waals surface area contributed by atoms with E-state index in [1.54, 1.807) is 0 Å². The highest BCUT2D eigenvalue weighted by atomic mass is 32.3. The van der Waals surface area contributed by atoms with Gasteiger partial charge in [-0.2, -0.15) is 0 Å². The summed E-state index contributed by atoms with van der Waals surface area (Å²) in [6, 6.07) is 0. The van der Waals surface area contributed by atoms with Crippen molar-refractivity contribution in [2.45, 2.75) is 46.1 Å². The number of unbranched alkanes of at least 4 members (excludes halogenated alkanes) is 3. The lowest BCUT2D eigenvalue weighted by Crippen LogP contribution is -2.23. The first-order chi connectivity index (χ1) is 8.89. The number of rotatable bonds is 7. The molecule has 0 fully saturated rings. The Labute approximate surface area is 116 Å². The normalized spacial score (nSPS) is 10.9. The second-order valence-corrected chi connectivity index (χ2v) is 5.24. The van der Waals surface area contributed by atoms with E-state index in [9.17, 15) is 13.0 Å². The Morgan fingerprint density at radius 2 is 1.95 bits per heavy atom. The zero-order chi connectivity index (χ0) is 14.7. The van der Waals surface area contributed by atoms with Crippen LogP contribution in [0.3, 0.4) is 0 Å². The van der Waals surface area contributed by atoms with Gasteiger partial charge >= 0.3 is 0 Å². The summed E-state index contributed by atoms with van der Waals surface area (Å²) >= 11 is 0. The minimum Gasteiger partial charge on any atom is -0.726 e. The van der Waals surface area contributed by atoms with Crippen LogP contribution in [-0.4, -0.2) is 24.1 Å². The van der Waals surface area contributed by atoms with E-state index in [2.05, 4.69) is 46.0 Å². The van der Waals surface area contributed by atoms with E-state index < -0.39 is 10.4 Å². The fourth-order valence-corrected chi connectivity index (χ4v) is 1.79. The topological polar surface area (TPSA) is 75.2 Å². The van der Waals surface area contributed by atoms with Crippen molar-refractivity contribution in [1.29, 1.82) is 0 Å². The number of hydrogen-bond acceptors (Lipinski definition) is 4. The molecule has 1 heterocycles. The van der Waals surface area contributed by atoms with Gasteiger partial charge in [0.2, 0.25) is 16.7 Å². The SMILES string of the molecule is CCCCCCn1cc[n+](C)c1.CCOS(=O)(=O)[O-]. The molecule has 7 heteroatoms. The van der Waals surface area contributed by atoms with Crippen molar-refractivity contribution < 1.29 is 21.7 Å². The largest absolute Gasteiger partial charge is 0.726 e. The van der Waals surface area contributed by atoms with Gasteiger partial charge in [0.25, 0.3) is 0 Å². The van der Waals surface area contributed by atoms with E-state index in [0.29, 0.717) is 0 Å². The van der Waals surface area contributed by atoms with Crippen LogP contribution in [0.25, 0.3) is 0 Å². The predicted molar refractivity (Wildman–Crippen MR) is 71.1 cm³/mol. The molecule has 1 rings (SSSR count). The molecule has 0 saturated heterocycles. The molecule has 1 aromatic heterocycles. The molecule has 0 bridgehead atoms. The van der Waals surface area contributed by atoms with Crippen LogP contribution in [0.5, 0.6) is 0 Å². The van der Waals surface area contributed by atoms with Gasteiger partial charge in [0.05, 0.1) is 20.2 Å². The monoisotopic (exact) mass is 292 g/mol. The molecule has 6 nitrogen and oxygen atoms in total. The Kier molecular flexibility index (Phi) is 9.46. The summed E-state index contributed by atoms with van der Waals surface area (Å²) in [5.41, 5.74) is 0. The lowest BCUT2D eigenvalue weighted by molar-refractivity contribution is -0.671. The molecule has 0 aliphatic carbocycles. The molecule has 0 spiro atoms. The average molecular weight is 292 g/mol. The second kappa shape index (κ2) is 9.94. The van der Waals surface area contributed by atoms with Crippen molar-refractivity contribution in [2.24, 2.45) is 7.05 Å². The first-order valence-corrected chi connectivity index (χ1v) is 7.83. The molecular weight excluding hydrogens is 268 g/mol. The number of hydrogen-bond donors (Lipinski definition) is 0. The summed E-state index contributed by atoms with van der Waals surface area (Å²) < 4.78 is 36.3. The molecule has 0 amide bonds. The average Bonchev–Trinajstić information content (AvgIpc) is 2.70. The second-order valence-electron chi connectivity index (χ2n) is 4.19. The molecule has 0 radical (unpaired) electrons. The quantitative estimate of drug-likeness (QED) is 0.329. The zero-order valence-corrected chi connectivity index (χ0v) is 12.7. The Morgan fingerprint density at radius 1 is 1.26 bits per heavy atom. The van der Waals surface area contributed by atoms with Crippen LogP contribution in [0.1, 0.15) is 39.5 Å². The maximum Gasteiger partial charge on any atom is 0.243 e. The van der Waals surface area contributed by atoms with Gasteiger partial charge in [-0.15, -0.1) is 0 Å². The van der Waals surface area contributed by atoms with Crippen LogP contribution >= 0.6 is 0 Å². The van der Waals surface area contributed by atoms with E-state index in [-0.39, 0.29) is 6.61 Å². The summed E-state index contributed by atoms with van der Waals surface area (Å²) in [5, 5.41) is 0. The van der Waals surface area contributed by atoms with Crippen molar-refractivity contribution in [3.63, 3.8) is 0 Å². The lowest BCUT2D eigenvalue weighted by atomic mass is 10.2. The maximum absolute atomic E-state index is 9.45. The predicted octanol–water partition coefficient (Wildman–Crippen LogP) is 1.38. The van der Waals surface area contributed by atoms with Gasteiger partial charge in [-0.05, 0) is 19.8 Å². The smallest absolute Gasteiger partial charge is 0.243 e. The first-order valence-electron chi connectivity index (χ1n) is 6.50. The van der Waals surface area contributed by atoms with E-state index in [4.69, 9.17) is 0 Å². The van der Waals surface area contributed by atoms with E-state index in [0.717, 1.165) is 0 Å².